The van der Waals surface area contributed by atoms with E-state index in [1.54, 1.807) is 42.5 Å². The second kappa shape index (κ2) is 10.2. The Hall–Kier alpha value is -3.48. The molecule has 0 fully saturated rings. The third-order valence-electron chi connectivity index (χ3n) is 5.23. The molecule has 2 aromatic rings. The first-order valence-corrected chi connectivity index (χ1v) is 10.9. The number of fused-ring (bicyclic) bond motifs is 1. The summed E-state index contributed by atoms with van der Waals surface area (Å²) in [5.41, 5.74) is 1.32. The van der Waals surface area contributed by atoms with Gasteiger partial charge in [-0.3, -0.25) is 19.3 Å². The van der Waals surface area contributed by atoms with Gasteiger partial charge in [-0.05, 0) is 49.1 Å². The molecule has 1 atom stereocenters. The Labute approximate surface area is 187 Å². The lowest BCUT2D eigenvalue weighted by Crippen LogP contribution is -2.47. The molecule has 1 unspecified atom stereocenters. The van der Waals surface area contributed by atoms with E-state index < -0.39 is 29.7 Å². The van der Waals surface area contributed by atoms with Gasteiger partial charge in [0, 0.05) is 5.69 Å². The lowest BCUT2D eigenvalue weighted by molar-refractivity contribution is -0.120. The number of nitrogens with zero attached hydrogens (tertiary/aromatic N) is 1. The number of anilines is 1. The predicted molar refractivity (Wildman–Crippen MR) is 120 cm³/mol. The maximum atomic E-state index is 13.2. The van der Waals surface area contributed by atoms with E-state index in [1.165, 1.54) is 6.07 Å². The molecule has 1 aliphatic rings. The van der Waals surface area contributed by atoms with Crippen molar-refractivity contribution in [1.29, 1.82) is 0 Å². The molecule has 3 rings (SSSR count). The zero-order chi connectivity index (χ0) is 23.3. The van der Waals surface area contributed by atoms with Gasteiger partial charge in [0.2, 0.25) is 5.91 Å². The summed E-state index contributed by atoms with van der Waals surface area (Å²) in [6.45, 7) is 6.19. The van der Waals surface area contributed by atoms with E-state index in [4.69, 9.17) is 4.74 Å². The summed E-state index contributed by atoms with van der Waals surface area (Å²) in [5.74, 6) is -1.83. The standard InChI is InChI=1S/C25H28N2O5/c1-4-5-13-32-25(31)17-9-8-10-18(15-17)26-22(28)21(14-16(2)3)27-23(29)19-11-6-7-12-20(19)24(27)30/h6-12,15-16,21H,4-5,13-14H2,1-3H3,(H,26,28). The third-order valence-corrected chi connectivity index (χ3v) is 5.23. The molecule has 7 nitrogen and oxygen atoms in total. The minimum absolute atomic E-state index is 0.0648. The number of amides is 3. The average Bonchev–Trinajstić information content (AvgIpc) is 3.02. The number of carbonyl (C=O) groups is 4. The fraction of sp³-hybridized carbons (Fsp3) is 0.360. The summed E-state index contributed by atoms with van der Waals surface area (Å²) in [7, 11) is 0. The molecule has 0 aromatic heterocycles. The van der Waals surface area contributed by atoms with Gasteiger partial charge < -0.3 is 10.1 Å². The molecule has 168 valence electrons. The van der Waals surface area contributed by atoms with Crippen LogP contribution < -0.4 is 5.32 Å². The van der Waals surface area contributed by atoms with Gasteiger partial charge in [0.05, 0.1) is 23.3 Å². The van der Waals surface area contributed by atoms with Crippen LogP contribution in [0.15, 0.2) is 48.5 Å². The van der Waals surface area contributed by atoms with Crippen molar-refractivity contribution in [2.24, 2.45) is 5.92 Å². The van der Waals surface area contributed by atoms with Crippen molar-refractivity contribution in [3.8, 4) is 0 Å². The van der Waals surface area contributed by atoms with Gasteiger partial charge >= 0.3 is 5.97 Å². The Morgan fingerprint density at radius 1 is 1.00 bits per heavy atom. The van der Waals surface area contributed by atoms with Gasteiger partial charge in [-0.2, -0.15) is 0 Å². The number of hydrogen-bond donors (Lipinski definition) is 1. The number of rotatable bonds is 9. The van der Waals surface area contributed by atoms with Crippen molar-refractivity contribution in [2.45, 2.75) is 46.1 Å². The zero-order valence-corrected chi connectivity index (χ0v) is 18.6. The van der Waals surface area contributed by atoms with Gasteiger partial charge in [0.25, 0.3) is 11.8 Å². The zero-order valence-electron chi connectivity index (χ0n) is 18.6. The highest BCUT2D eigenvalue weighted by Crippen LogP contribution is 2.27. The summed E-state index contributed by atoms with van der Waals surface area (Å²) in [6.07, 6.45) is 2.01. The van der Waals surface area contributed by atoms with Gasteiger partial charge in [-0.1, -0.05) is 45.4 Å². The number of hydrogen-bond acceptors (Lipinski definition) is 5. The number of nitrogens with one attached hydrogen (secondary N) is 1. The van der Waals surface area contributed by atoms with Crippen LogP contribution in [0.1, 0.15) is 71.1 Å². The number of esters is 1. The lowest BCUT2D eigenvalue weighted by atomic mass is 10.0. The maximum Gasteiger partial charge on any atom is 0.338 e. The molecule has 3 amide bonds. The summed E-state index contributed by atoms with van der Waals surface area (Å²) in [5, 5.41) is 2.76. The van der Waals surface area contributed by atoms with E-state index in [2.05, 4.69) is 5.32 Å². The molecule has 1 heterocycles. The SMILES string of the molecule is CCCCOC(=O)c1cccc(NC(=O)C(CC(C)C)N2C(=O)c3ccccc3C2=O)c1. The van der Waals surface area contributed by atoms with Crippen LogP contribution in [0.4, 0.5) is 5.69 Å². The molecule has 1 N–H and O–H groups in total. The third kappa shape index (κ3) is 5.04. The van der Waals surface area contributed by atoms with Crippen LogP contribution in [0.3, 0.4) is 0 Å². The molecule has 7 heteroatoms. The molecule has 0 saturated carbocycles. The summed E-state index contributed by atoms with van der Waals surface area (Å²) in [6, 6.07) is 12.0. The smallest absolute Gasteiger partial charge is 0.338 e. The van der Waals surface area contributed by atoms with E-state index in [0.29, 0.717) is 35.4 Å². The van der Waals surface area contributed by atoms with Crippen LogP contribution in [-0.4, -0.2) is 41.2 Å². The Balaban J connectivity index is 1.80. The average molecular weight is 437 g/mol. The monoisotopic (exact) mass is 436 g/mol. The van der Waals surface area contributed by atoms with Crippen LogP contribution in [0.5, 0.6) is 0 Å². The summed E-state index contributed by atoms with van der Waals surface area (Å²) < 4.78 is 5.22. The minimum atomic E-state index is -0.970. The predicted octanol–water partition coefficient (Wildman–Crippen LogP) is 4.29. The van der Waals surface area contributed by atoms with Crippen molar-refractivity contribution in [1.82, 2.24) is 4.90 Å². The summed E-state index contributed by atoms with van der Waals surface area (Å²) in [4.78, 5) is 52.3. The first-order chi connectivity index (χ1) is 15.3. The first kappa shape index (κ1) is 23.2. The van der Waals surface area contributed by atoms with Gasteiger partial charge in [-0.15, -0.1) is 0 Å². The van der Waals surface area contributed by atoms with Crippen molar-refractivity contribution in [2.75, 3.05) is 11.9 Å². The molecule has 1 aliphatic heterocycles. The molecular weight excluding hydrogens is 408 g/mol. The lowest BCUT2D eigenvalue weighted by Gasteiger charge is -2.26. The number of benzene rings is 2. The number of imide groups is 1. The van der Waals surface area contributed by atoms with Crippen molar-refractivity contribution >= 4 is 29.4 Å². The molecule has 32 heavy (non-hydrogen) atoms. The van der Waals surface area contributed by atoms with Crippen molar-refractivity contribution < 1.29 is 23.9 Å². The van der Waals surface area contributed by atoms with Crippen molar-refractivity contribution in [3.63, 3.8) is 0 Å². The Morgan fingerprint density at radius 3 is 2.25 bits per heavy atom. The molecule has 0 aliphatic carbocycles. The van der Waals surface area contributed by atoms with Gasteiger partial charge in [0.1, 0.15) is 6.04 Å². The normalized spacial score (nSPS) is 13.8. The molecule has 2 aromatic carbocycles. The van der Waals surface area contributed by atoms with Crippen molar-refractivity contribution in [3.05, 3.63) is 65.2 Å². The quantitative estimate of drug-likeness (QED) is 0.360. The molecule has 0 radical (unpaired) electrons. The van der Waals surface area contributed by atoms with Crippen LogP contribution in [0, 0.1) is 5.92 Å². The minimum Gasteiger partial charge on any atom is -0.462 e. The highest BCUT2D eigenvalue weighted by molar-refractivity contribution is 6.23. The van der Waals surface area contributed by atoms with E-state index in [0.717, 1.165) is 17.7 Å². The van der Waals surface area contributed by atoms with Gasteiger partial charge in [-0.25, -0.2) is 4.79 Å². The van der Waals surface area contributed by atoms with E-state index in [9.17, 15) is 19.2 Å². The second-order valence-corrected chi connectivity index (χ2v) is 8.23. The maximum absolute atomic E-state index is 13.2. The molecule has 0 saturated heterocycles. The van der Waals surface area contributed by atoms with Crippen LogP contribution in [0.2, 0.25) is 0 Å². The Morgan fingerprint density at radius 2 is 1.66 bits per heavy atom. The van der Waals surface area contributed by atoms with Crippen LogP contribution >= 0.6 is 0 Å². The highest BCUT2D eigenvalue weighted by Gasteiger charge is 2.42. The molecule has 0 spiro atoms. The van der Waals surface area contributed by atoms with Crippen LogP contribution in [-0.2, 0) is 9.53 Å². The Kier molecular flexibility index (Phi) is 7.41. The fourth-order valence-corrected chi connectivity index (χ4v) is 3.61. The second-order valence-electron chi connectivity index (χ2n) is 8.23. The fourth-order valence-electron chi connectivity index (χ4n) is 3.61. The topological polar surface area (TPSA) is 92.8 Å². The number of ether oxygens (including phenoxy) is 1. The van der Waals surface area contributed by atoms with Gasteiger partial charge in [0.15, 0.2) is 0 Å². The number of carbonyl (C=O) groups excluding carboxylic acids is 4. The number of unbranched alkanes of at least 4 members (excludes halogenated alkanes) is 1. The summed E-state index contributed by atoms with van der Waals surface area (Å²) >= 11 is 0. The van der Waals surface area contributed by atoms with E-state index in [-0.39, 0.29) is 5.92 Å². The largest absolute Gasteiger partial charge is 0.462 e. The van der Waals surface area contributed by atoms with Crippen LogP contribution in [0.25, 0.3) is 0 Å². The highest BCUT2D eigenvalue weighted by atomic mass is 16.5. The van der Waals surface area contributed by atoms with E-state index in [1.807, 2.05) is 20.8 Å². The first-order valence-electron chi connectivity index (χ1n) is 10.9. The molecule has 0 bridgehead atoms. The molecular formula is C25H28N2O5. The Bertz CT molecular complexity index is 995. The van der Waals surface area contributed by atoms with E-state index >= 15 is 0 Å².